The van der Waals surface area contributed by atoms with Crippen molar-refractivity contribution in [2.24, 2.45) is 0 Å². The average Bonchev–Trinajstić information content (AvgIpc) is 2.86. The second kappa shape index (κ2) is 4.34. The Kier molecular flexibility index (Phi) is 2.69. The van der Waals surface area contributed by atoms with Crippen molar-refractivity contribution in [2.75, 3.05) is 6.54 Å². The van der Waals surface area contributed by atoms with Crippen molar-refractivity contribution >= 4 is 0 Å². The van der Waals surface area contributed by atoms with Crippen molar-refractivity contribution in [3.63, 3.8) is 0 Å². The first-order valence-corrected chi connectivity index (χ1v) is 6.24. The van der Waals surface area contributed by atoms with E-state index in [9.17, 15) is 0 Å². The Morgan fingerprint density at radius 2 is 2.29 bits per heavy atom. The normalized spacial score (nSPS) is 14.6. The minimum absolute atomic E-state index is 0.921. The smallest absolute Gasteiger partial charge is 0.0684 e. The molecule has 3 rings (SSSR count). The molecule has 2 heterocycles. The highest BCUT2D eigenvalue weighted by molar-refractivity contribution is 5.66. The van der Waals surface area contributed by atoms with Gasteiger partial charge in [-0.2, -0.15) is 5.10 Å². The van der Waals surface area contributed by atoms with E-state index in [2.05, 4.69) is 46.3 Å². The monoisotopic (exact) mass is 227 g/mol. The van der Waals surface area contributed by atoms with Gasteiger partial charge in [0.15, 0.2) is 0 Å². The van der Waals surface area contributed by atoms with E-state index in [1.54, 1.807) is 0 Å². The molecule has 17 heavy (non-hydrogen) atoms. The van der Waals surface area contributed by atoms with Crippen LogP contribution in [-0.2, 0) is 19.5 Å². The number of benzene rings is 1. The van der Waals surface area contributed by atoms with Crippen LogP contribution in [0.15, 0.2) is 30.5 Å². The molecule has 1 aromatic carbocycles. The standard InChI is InChI=1S/C14H17N3/c1-2-17-14(7-9-16-17)13-5-3-4-11-10-15-8-6-12(11)13/h3-5,7,9,15H,2,6,8,10H2,1H3. The lowest BCUT2D eigenvalue weighted by Gasteiger charge is -2.20. The molecular weight excluding hydrogens is 210 g/mol. The lowest BCUT2D eigenvalue weighted by Crippen LogP contribution is -2.24. The van der Waals surface area contributed by atoms with E-state index in [0.29, 0.717) is 0 Å². The average molecular weight is 227 g/mol. The van der Waals surface area contributed by atoms with E-state index in [-0.39, 0.29) is 0 Å². The summed E-state index contributed by atoms with van der Waals surface area (Å²) in [6.07, 6.45) is 3.00. The van der Waals surface area contributed by atoms with Crippen LogP contribution in [0.1, 0.15) is 18.1 Å². The van der Waals surface area contributed by atoms with Crippen LogP contribution in [0.4, 0.5) is 0 Å². The van der Waals surface area contributed by atoms with Gasteiger partial charge in [0.2, 0.25) is 0 Å². The third-order valence-electron chi connectivity index (χ3n) is 3.43. The molecule has 0 aliphatic carbocycles. The fourth-order valence-electron chi connectivity index (χ4n) is 2.59. The van der Waals surface area contributed by atoms with Crippen molar-refractivity contribution in [2.45, 2.75) is 26.4 Å². The summed E-state index contributed by atoms with van der Waals surface area (Å²) in [5.74, 6) is 0. The van der Waals surface area contributed by atoms with Gasteiger partial charge in [-0.05, 0) is 37.1 Å². The van der Waals surface area contributed by atoms with Crippen LogP contribution in [0.3, 0.4) is 0 Å². The molecule has 3 nitrogen and oxygen atoms in total. The van der Waals surface area contributed by atoms with Gasteiger partial charge in [-0.3, -0.25) is 4.68 Å². The van der Waals surface area contributed by atoms with E-state index < -0.39 is 0 Å². The van der Waals surface area contributed by atoms with Crippen LogP contribution in [0.5, 0.6) is 0 Å². The predicted molar refractivity (Wildman–Crippen MR) is 68.7 cm³/mol. The van der Waals surface area contributed by atoms with Gasteiger partial charge in [0, 0.05) is 24.8 Å². The van der Waals surface area contributed by atoms with Gasteiger partial charge in [0.05, 0.1) is 5.69 Å². The number of fused-ring (bicyclic) bond motifs is 1. The number of aromatic nitrogens is 2. The molecule has 0 bridgehead atoms. The second-order valence-electron chi connectivity index (χ2n) is 4.40. The number of rotatable bonds is 2. The van der Waals surface area contributed by atoms with E-state index in [1.165, 1.54) is 22.4 Å². The minimum Gasteiger partial charge on any atom is -0.312 e. The zero-order valence-electron chi connectivity index (χ0n) is 10.1. The molecule has 3 heteroatoms. The van der Waals surface area contributed by atoms with E-state index >= 15 is 0 Å². The van der Waals surface area contributed by atoms with Crippen molar-refractivity contribution < 1.29 is 0 Å². The van der Waals surface area contributed by atoms with Gasteiger partial charge >= 0.3 is 0 Å². The van der Waals surface area contributed by atoms with Crippen molar-refractivity contribution in [3.8, 4) is 11.3 Å². The molecule has 0 amide bonds. The molecule has 0 saturated carbocycles. The number of nitrogens with zero attached hydrogens (tertiary/aromatic N) is 2. The summed E-state index contributed by atoms with van der Waals surface area (Å²) in [5, 5.41) is 7.78. The maximum atomic E-state index is 4.36. The summed E-state index contributed by atoms with van der Waals surface area (Å²) < 4.78 is 2.07. The molecule has 0 fully saturated rings. The molecular formula is C14H17N3. The summed E-state index contributed by atoms with van der Waals surface area (Å²) in [5.41, 5.74) is 5.51. The minimum atomic E-state index is 0.921. The van der Waals surface area contributed by atoms with Crippen LogP contribution >= 0.6 is 0 Å². The number of aryl methyl sites for hydroxylation is 1. The number of hydrogen-bond donors (Lipinski definition) is 1. The van der Waals surface area contributed by atoms with E-state index in [4.69, 9.17) is 0 Å². The quantitative estimate of drug-likeness (QED) is 0.852. The molecule has 1 aliphatic heterocycles. The summed E-state index contributed by atoms with van der Waals surface area (Å²) in [4.78, 5) is 0. The van der Waals surface area contributed by atoms with E-state index in [1.807, 2.05) is 6.20 Å². The molecule has 0 saturated heterocycles. The van der Waals surface area contributed by atoms with Gasteiger partial charge in [-0.25, -0.2) is 0 Å². The number of nitrogens with one attached hydrogen (secondary N) is 1. The summed E-state index contributed by atoms with van der Waals surface area (Å²) in [7, 11) is 0. The molecule has 1 aromatic heterocycles. The van der Waals surface area contributed by atoms with Crippen molar-refractivity contribution in [3.05, 3.63) is 41.6 Å². The van der Waals surface area contributed by atoms with Gasteiger partial charge in [0.1, 0.15) is 0 Å². The summed E-state index contributed by atoms with van der Waals surface area (Å²) in [6, 6.07) is 8.69. The molecule has 1 aliphatic rings. The van der Waals surface area contributed by atoms with Crippen molar-refractivity contribution in [1.82, 2.24) is 15.1 Å². The Labute approximate surface area is 101 Å². The molecule has 2 aromatic rings. The number of hydrogen-bond acceptors (Lipinski definition) is 2. The molecule has 88 valence electrons. The first-order valence-electron chi connectivity index (χ1n) is 6.24. The van der Waals surface area contributed by atoms with Crippen molar-refractivity contribution in [1.29, 1.82) is 0 Å². The lowest BCUT2D eigenvalue weighted by atomic mass is 9.94. The molecule has 0 spiro atoms. The Hall–Kier alpha value is -1.61. The summed E-state index contributed by atoms with van der Waals surface area (Å²) >= 11 is 0. The van der Waals surface area contributed by atoms with E-state index in [0.717, 1.165) is 26.1 Å². The molecule has 0 unspecified atom stereocenters. The van der Waals surface area contributed by atoms with Gasteiger partial charge in [0.25, 0.3) is 0 Å². The Morgan fingerprint density at radius 3 is 3.18 bits per heavy atom. The predicted octanol–water partition coefficient (Wildman–Crippen LogP) is 2.22. The fourth-order valence-corrected chi connectivity index (χ4v) is 2.59. The molecule has 0 radical (unpaired) electrons. The first-order chi connectivity index (χ1) is 8.40. The highest BCUT2D eigenvalue weighted by Crippen LogP contribution is 2.28. The SMILES string of the molecule is CCn1nccc1-c1cccc2c1CCNC2. The molecule has 1 N–H and O–H groups in total. The Bertz CT molecular complexity index is 528. The maximum Gasteiger partial charge on any atom is 0.0684 e. The Morgan fingerprint density at radius 1 is 1.35 bits per heavy atom. The highest BCUT2D eigenvalue weighted by Gasteiger charge is 2.15. The molecule has 0 atom stereocenters. The lowest BCUT2D eigenvalue weighted by molar-refractivity contribution is 0.640. The highest BCUT2D eigenvalue weighted by atomic mass is 15.3. The van der Waals surface area contributed by atoms with Crippen LogP contribution in [-0.4, -0.2) is 16.3 Å². The van der Waals surface area contributed by atoms with Crippen LogP contribution in [0.25, 0.3) is 11.3 Å². The summed E-state index contributed by atoms with van der Waals surface area (Å²) in [6.45, 7) is 5.12. The van der Waals surface area contributed by atoms with Gasteiger partial charge in [-0.1, -0.05) is 18.2 Å². The van der Waals surface area contributed by atoms with Crippen LogP contribution in [0, 0.1) is 0 Å². The zero-order valence-corrected chi connectivity index (χ0v) is 10.1. The third kappa shape index (κ3) is 1.76. The second-order valence-corrected chi connectivity index (χ2v) is 4.40. The Balaban J connectivity index is 2.14. The largest absolute Gasteiger partial charge is 0.312 e. The first kappa shape index (κ1) is 10.5. The fraction of sp³-hybridized carbons (Fsp3) is 0.357. The van der Waals surface area contributed by atoms with Gasteiger partial charge < -0.3 is 5.32 Å². The third-order valence-corrected chi connectivity index (χ3v) is 3.43. The zero-order chi connectivity index (χ0) is 11.7. The maximum absolute atomic E-state index is 4.36. The van der Waals surface area contributed by atoms with Crippen LogP contribution < -0.4 is 5.32 Å². The topological polar surface area (TPSA) is 29.9 Å². The van der Waals surface area contributed by atoms with Crippen LogP contribution in [0.2, 0.25) is 0 Å². The van der Waals surface area contributed by atoms with Gasteiger partial charge in [-0.15, -0.1) is 0 Å².